The van der Waals surface area contributed by atoms with Crippen molar-refractivity contribution in [2.45, 2.75) is 0 Å². The van der Waals surface area contributed by atoms with Gasteiger partial charge in [-0.25, -0.2) is 9.78 Å². The van der Waals surface area contributed by atoms with Crippen LogP contribution in [0.1, 0.15) is 0 Å². The van der Waals surface area contributed by atoms with E-state index in [4.69, 9.17) is 27.6 Å². The third-order valence-electron chi connectivity index (χ3n) is 1.78. The molecule has 0 atom stereocenters. The minimum Gasteiger partial charge on any atom is -0.417 e. The van der Waals surface area contributed by atoms with Gasteiger partial charge in [0.1, 0.15) is 0 Å². The van der Waals surface area contributed by atoms with E-state index in [1.54, 1.807) is 24.3 Å². The largest absolute Gasteiger partial charge is 0.417 e. The number of halogens is 2. The van der Waals surface area contributed by atoms with E-state index in [1.165, 1.54) is 0 Å². The molecule has 0 radical (unpaired) electrons. The Morgan fingerprint density at radius 3 is 2.40 bits per heavy atom. The van der Waals surface area contributed by atoms with Crippen LogP contribution in [0.15, 0.2) is 39.5 Å². The monoisotopic (exact) mass is 241 g/mol. The molecule has 0 amide bonds. The predicted molar refractivity (Wildman–Crippen MR) is 58.2 cm³/mol. The number of aromatic nitrogens is 1. The van der Waals surface area contributed by atoms with Gasteiger partial charge in [-0.3, -0.25) is 0 Å². The summed E-state index contributed by atoms with van der Waals surface area (Å²) in [5.74, 6) is 0.228. The van der Waals surface area contributed by atoms with Crippen LogP contribution in [-0.2, 0) is 0 Å². The average Bonchev–Trinajstić information content (AvgIpc) is 2.25. The Hall–Kier alpha value is -1.32. The van der Waals surface area contributed by atoms with E-state index >= 15 is 0 Å². The van der Waals surface area contributed by atoms with Gasteiger partial charge >= 0.3 is 5.63 Å². The lowest BCUT2D eigenvalue weighted by Gasteiger charge is -2.01. The molecule has 0 aliphatic heterocycles. The maximum atomic E-state index is 11.1. The SMILES string of the molecule is O=c1oc(-c2ccccc2)c(Cl)nc1Cl. The summed E-state index contributed by atoms with van der Waals surface area (Å²) in [6, 6.07) is 8.98. The summed E-state index contributed by atoms with van der Waals surface area (Å²) in [4.78, 5) is 14.8. The molecule has 0 spiro atoms. The quantitative estimate of drug-likeness (QED) is 0.771. The minimum atomic E-state index is -0.695. The molecule has 2 rings (SSSR count). The Morgan fingerprint density at radius 2 is 1.73 bits per heavy atom. The van der Waals surface area contributed by atoms with Crippen LogP contribution in [0.3, 0.4) is 0 Å². The van der Waals surface area contributed by atoms with Crippen molar-refractivity contribution in [1.29, 1.82) is 0 Å². The van der Waals surface area contributed by atoms with Crippen LogP contribution in [0.5, 0.6) is 0 Å². The molecule has 0 unspecified atom stereocenters. The number of hydrogen-bond acceptors (Lipinski definition) is 3. The molecule has 0 aliphatic rings. The first kappa shape index (κ1) is 10.2. The minimum absolute atomic E-state index is 0.0748. The number of nitrogens with zero attached hydrogens (tertiary/aromatic N) is 1. The first-order valence-electron chi connectivity index (χ1n) is 4.10. The summed E-state index contributed by atoms with van der Waals surface area (Å²) in [6.45, 7) is 0. The normalized spacial score (nSPS) is 10.3. The second-order valence-electron chi connectivity index (χ2n) is 2.78. The van der Waals surface area contributed by atoms with Gasteiger partial charge in [0.2, 0.25) is 5.15 Å². The highest BCUT2D eigenvalue weighted by molar-refractivity contribution is 6.33. The topological polar surface area (TPSA) is 43.1 Å². The van der Waals surface area contributed by atoms with E-state index in [0.717, 1.165) is 0 Å². The van der Waals surface area contributed by atoms with Gasteiger partial charge in [-0.2, -0.15) is 0 Å². The molecule has 5 heteroatoms. The fourth-order valence-electron chi connectivity index (χ4n) is 1.13. The smallest absolute Gasteiger partial charge is 0.374 e. The first-order valence-corrected chi connectivity index (χ1v) is 4.85. The van der Waals surface area contributed by atoms with Crippen LogP contribution < -0.4 is 5.63 Å². The molecule has 76 valence electrons. The molecule has 15 heavy (non-hydrogen) atoms. The van der Waals surface area contributed by atoms with Crippen molar-refractivity contribution in [3.8, 4) is 11.3 Å². The van der Waals surface area contributed by atoms with Gasteiger partial charge in [-0.05, 0) is 0 Å². The second kappa shape index (κ2) is 4.04. The van der Waals surface area contributed by atoms with E-state index in [1.807, 2.05) is 6.07 Å². The van der Waals surface area contributed by atoms with Crippen molar-refractivity contribution in [3.63, 3.8) is 0 Å². The molecular weight excluding hydrogens is 237 g/mol. The maximum absolute atomic E-state index is 11.1. The van der Waals surface area contributed by atoms with Crippen LogP contribution in [0.25, 0.3) is 11.3 Å². The van der Waals surface area contributed by atoms with Gasteiger partial charge in [0, 0.05) is 5.56 Å². The zero-order valence-electron chi connectivity index (χ0n) is 7.41. The van der Waals surface area contributed by atoms with Gasteiger partial charge in [0.05, 0.1) is 0 Å². The lowest BCUT2D eigenvalue weighted by molar-refractivity contribution is 0.518. The lowest BCUT2D eigenvalue weighted by Crippen LogP contribution is -2.03. The van der Waals surface area contributed by atoms with Crippen LogP contribution in [-0.4, -0.2) is 4.98 Å². The predicted octanol–water partition coefficient (Wildman–Crippen LogP) is 3.01. The highest BCUT2D eigenvalue weighted by atomic mass is 35.5. The van der Waals surface area contributed by atoms with E-state index in [2.05, 4.69) is 4.98 Å². The summed E-state index contributed by atoms with van der Waals surface area (Å²) < 4.78 is 4.94. The molecule has 0 bridgehead atoms. The van der Waals surface area contributed by atoms with Crippen molar-refractivity contribution in [2.75, 3.05) is 0 Å². The summed E-state index contributed by atoms with van der Waals surface area (Å²) in [7, 11) is 0. The molecule has 0 N–H and O–H groups in total. The summed E-state index contributed by atoms with van der Waals surface area (Å²) >= 11 is 11.3. The highest BCUT2D eigenvalue weighted by Gasteiger charge is 2.11. The maximum Gasteiger partial charge on any atom is 0.374 e. The Labute approximate surface area is 95.3 Å². The van der Waals surface area contributed by atoms with Crippen molar-refractivity contribution in [3.05, 3.63) is 51.1 Å². The molecule has 0 saturated carbocycles. The third-order valence-corrected chi connectivity index (χ3v) is 2.28. The molecule has 3 nitrogen and oxygen atoms in total. The van der Waals surface area contributed by atoms with Gasteiger partial charge in [0.15, 0.2) is 10.9 Å². The number of rotatable bonds is 1. The van der Waals surface area contributed by atoms with Crippen LogP contribution in [0.2, 0.25) is 10.3 Å². The van der Waals surface area contributed by atoms with Crippen LogP contribution in [0, 0.1) is 0 Å². The molecule has 0 saturated heterocycles. The zero-order chi connectivity index (χ0) is 10.8. The van der Waals surface area contributed by atoms with E-state index in [-0.39, 0.29) is 16.1 Å². The first-order chi connectivity index (χ1) is 7.18. The third kappa shape index (κ3) is 2.03. The molecular formula is C10H5Cl2NO2. The molecule has 0 fully saturated rings. The molecule has 1 aromatic carbocycles. The molecule has 2 aromatic rings. The Kier molecular flexibility index (Phi) is 2.75. The Morgan fingerprint density at radius 1 is 1.07 bits per heavy atom. The fourth-order valence-corrected chi connectivity index (χ4v) is 1.53. The van der Waals surface area contributed by atoms with Crippen molar-refractivity contribution >= 4 is 23.2 Å². The average molecular weight is 242 g/mol. The van der Waals surface area contributed by atoms with E-state index < -0.39 is 5.63 Å². The highest BCUT2D eigenvalue weighted by Crippen LogP contribution is 2.25. The van der Waals surface area contributed by atoms with E-state index in [0.29, 0.717) is 5.56 Å². The number of hydrogen-bond donors (Lipinski definition) is 0. The Bertz CT molecular complexity index is 537. The summed E-state index contributed by atoms with van der Waals surface area (Å²) in [5, 5.41) is -0.189. The van der Waals surface area contributed by atoms with Crippen molar-refractivity contribution in [2.24, 2.45) is 0 Å². The second-order valence-corrected chi connectivity index (χ2v) is 3.49. The van der Waals surface area contributed by atoms with Gasteiger partial charge in [0.25, 0.3) is 0 Å². The standard InChI is InChI=1S/C10H5Cl2NO2/c11-8-7(6-4-2-1-3-5-6)15-10(14)9(12)13-8/h1-5H. The summed E-state index contributed by atoms with van der Waals surface area (Å²) in [6.07, 6.45) is 0. The molecule has 0 aliphatic carbocycles. The Balaban J connectivity index is 2.64. The molecule has 1 aromatic heterocycles. The van der Waals surface area contributed by atoms with Crippen molar-refractivity contribution in [1.82, 2.24) is 4.98 Å². The van der Waals surface area contributed by atoms with Gasteiger partial charge < -0.3 is 4.42 Å². The zero-order valence-corrected chi connectivity index (χ0v) is 8.92. The van der Waals surface area contributed by atoms with Crippen LogP contribution >= 0.6 is 23.2 Å². The van der Waals surface area contributed by atoms with Gasteiger partial charge in [-0.1, -0.05) is 53.5 Å². The lowest BCUT2D eigenvalue weighted by atomic mass is 10.2. The fraction of sp³-hybridized carbons (Fsp3) is 0. The van der Waals surface area contributed by atoms with E-state index in [9.17, 15) is 4.79 Å². The molecule has 1 heterocycles. The van der Waals surface area contributed by atoms with Crippen LogP contribution in [0.4, 0.5) is 0 Å². The summed E-state index contributed by atoms with van der Waals surface area (Å²) in [5.41, 5.74) is -0.0105. The van der Waals surface area contributed by atoms with Gasteiger partial charge in [-0.15, -0.1) is 0 Å². The number of benzene rings is 1. The van der Waals surface area contributed by atoms with Crippen molar-refractivity contribution < 1.29 is 4.42 Å².